The van der Waals surface area contributed by atoms with Gasteiger partial charge in [0, 0.05) is 37.8 Å². The molecule has 0 spiro atoms. The van der Waals surface area contributed by atoms with Gasteiger partial charge in [0.1, 0.15) is 0 Å². The van der Waals surface area contributed by atoms with Crippen LogP contribution in [0.1, 0.15) is 25.5 Å². The molecule has 1 aliphatic heterocycles. The van der Waals surface area contributed by atoms with Crippen molar-refractivity contribution in [3.63, 3.8) is 0 Å². The molecule has 0 aromatic carbocycles. The predicted molar refractivity (Wildman–Crippen MR) is 79.9 cm³/mol. The molecule has 1 saturated heterocycles. The fourth-order valence-corrected chi connectivity index (χ4v) is 2.81. The molecule has 1 fully saturated rings. The third kappa shape index (κ3) is 2.21. The summed E-state index contributed by atoms with van der Waals surface area (Å²) in [6.07, 6.45) is 4.07. The molecule has 19 heavy (non-hydrogen) atoms. The third-order valence-corrected chi connectivity index (χ3v) is 4.00. The molecular weight excluding hydrogens is 236 g/mol. The Hall–Kier alpha value is -1.55. The maximum absolute atomic E-state index is 4.70. The van der Waals surface area contributed by atoms with E-state index in [1.165, 1.54) is 22.3 Å². The fraction of sp³-hybridized carbons (Fsp3) is 0.533. The van der Waals surface area contributed by atoms with E-state index in [0.29, 0.717) is 5.92 Å². The molecular formula is C15H22N4. The Balaban J connectivity index is 2.01. The number of piperazine rings is 1. The zero-order chi connectivity index (χ0) is 13.4. The van der Waals surface area contributed by atoms with E-state index < -0.39 is 0 Å². The van der Waals surface area contributed by atoms with Crippen LogP contribution in [-0.4, -0.2) is 48.1 Å². The highest BCUT2D eigenvalue weighted by Gasteiger charge is 2.19. The number of likely N-dealkylation sites (N-methyl/N-ethyl adjacent to an activating group) is 1. The molecule has 2 aromatic heterocycles. The average Bonchev–Trinajstić information content (AvgIpc) is 2.87. The third-order valence-electron chi connectivity index (χ3n) is 4.00. The maximum atomic E-state index is 4.70. The molecule has 1 aliphatic rings. The van der Waals surface area contributed by atoms with Gasteiger partial charge in [0.25, 0.3) is 0 Å². The lowest BCUT2D eigenvalue weighted by Gasteiger charge is -2.34. The Morgan fingerprint density at radius 1 is 1.21 bits per heavy atom. The number of hydrogen-bond acceptors (Lipinski definition) is 3. The minimum Gasteiger partial charge on any atom is -0.366 e. The molecule has 102 valence electrons. The molecule has 1 N–H and O–H groups in total. The summed E-state index contributed by atoms with van der Waals surface area (Å²) < 4.78 is 0. The first-order valence-electron chi connectivity index (χ1n) is 7.06. The molecule has 3 heterocycles. The van der Waals surface area contributed by atoms with Crippen LogP contribution >= 0.6 is 0 Å². The average molecular weight is 258 g/mol. The summed E-state index contributed by atoms with van der Waals surface area (Å²) in [4.78, 5) is 12.9. The van der Waals surface area contributed by atoms with Crippen LogP contribution in [0, 0.1) is 0 Å². The second-order valence-electron chi connectivity index (χ2n) is 5.74. The standard InChI is InChI=1S/C15H22N4/c1-11(2)14-12-4-5-16-15(12)13(10-17-14)19-8-6-18(3)7-9-19/h4-5,10-11,16H,6-9H2,1-3H3. The summed E-state index contributed by atoms with van der Waals surface area (Å²) in [5.74, 6) is 0.458. The van der Waals surface area contributed by atoms with Crippen molar-refractivity contribution in [2.24, 2.45) is 0 Å². The number of rotatable bonds is 2. The Morgan fingerprint density at radius 2 is 1.95 bits per heavy atom. The van der Waals surface area contributed by atoms with Gasteiger partial charge in [-0.1, -0.05) is 13.8 Å². The van der Waals surface area contributed by atoms with Gasteiger partial charge < -0.3 is 14.8 Å². The number of anilines is 1. The second-order valence-corrected chi connectivity index (χ2v) is 5.74. The van der Waals surface area contributed by atoms with Crippen LogP contribution in [0.25, 0.3) is 10.9 Å². The first-order chi connectivity index (χ1) is 9.16. The van der Waals surface area contributed by atoms with Gasteiger partial charge in [-0.05, 0) is 19.0 Å². The van der Waals surface area contributed by atoms with Crippen molar-refractivity contribution in [1.29, 1.82) is 0 Å². The molecule has 2 aromatic rings. The van der Waals surface area contributed by atoms with E-state index in [4.69, 9.17) is 4.98 Å². The highest BCUT2D eigenvalue weighted by atomic mass is 15.3. The molecule has 0 saturated carbocycles. The van der Waals surface area contributed by atoms with E-state index in [2.05, 4.69) is 41.7 Å². The topological polar surface area (TPSA) is 35.2 Å². The highest BCUT2D eigenvalue weighted by Crippen LogP contribution is 2.30. The number of H-pyrrole nitrogens is 1. The number of fused-ring (bicyclic) bond motifs is 1. The van der Waals surface area contributed by atoms with Crippen molar-refractivity contribution in [3.8, 4) is 0 Å². The van der Waals surface area contributed by atoms with Crippen molar-refractivity contribution < 1.29 is 0 Å². The molecule has 0 atom stereocenters. The van der Waals surface area contributed by atoms with Crippen molar-refractivity contribution in [3.05, 3.63) is 24.2 Å². The summed E-state index contributed by atoms with van der Waals surface area (Å²) in [6, 6.07) is 2.15. The first kappa shape index (κ1) is 12.5. The number of aromatic nitrogens is 2. The first-order valence-corrected chi connectivity index (χ1v) is 7.06. The number of aromatic amines is 1. The molecule has 0 bridgehead atoms. The van der Waals surface area contributed by atoms with Gasteiger partial charge in [0.05, 0.1) is 23.1 Å². The quantitative estimate of drug-likeness (QED) is 0.898. The van der Waals surface area contributed by atoms with Gasteiger partial charge in [0.2, 0.25) is 0 Å². The molecule has 3 rings (SSSR count). The van der Waals surface area contributed by atoms with E-state index in [9.17, 15) is 0 Å². The van der Waals surface area contributed by atoms with Gasteiger partial charge >= 0.3 is 0 Å². The summed E-state index contributed by atoms with van der Waals surface area (Å²) >= 11 is 0. The zero-order valence-corrected chi connectivity index (χ0v) is 12.0. The van der Waals surface area contributed by atoms with Gasteiger partial charge in [-0.25, -0.2) is 0 Å². The van der Waals surface area contributed by atoms with Crippen LogP contribution in [0.15, 0.2) is 18.5 Å². The highest BCUT2D eigenvalue weighted by molar-refractivity contribution is 5.92. The van der Waals surface area contributed by atoms with E-state index in [-0.39, 0.29) is 0 Å². The Morgan fingerprint density at radius 3 is 2.63 bits per heavy atom. The maximum Gasteiger partial charge on any atom is 0.0799 e. The van der Waals surface area contributed by atoms with Crippen molar-refractivity contribution in [2.45, 2.75) is 19.8 Å². The van der Waals surface area contributed by atoms with Gasteiger partial charge in [0.15, 0.2) is 0 Å². The second kappa shape index (κ2) is 4.85. The molecule has 0 aliphatic carbocycles. The van der Waals surface area contributed by atoms with Crippen LogP contribution in [0.2, 0.25) is 0 Å². The van der Waals surface area contributed by atoms with Gasteiger partial charge in [-0.15, -0.1) is 0 Å². The zero-order valence-electron chi connectivity index (χ0n) is 12.0. The summed E-state index contributed by atoms with van der Waals surface area (Å²) in [7, 11) is 2.18. The Kier molecular flexibility index (Phi) is 3.19. The largest absolute Gasteiger partial charge is 0.366 e. The van der Waals surface area contributed by atoms with Gasteiger partial charge in [-0.2, -0.15) is 0 Å². The smallest absolute Gasteiger partial charge is 0.0799 e. The summed E-state index contributed by atoms with van der Waals surface area (Å²) in [5.41, 5.74) is 3.68. The fourth-order valence-electron chi connectivity index (χ4n) is 2.81. The molecule has 0 unspecified atom stereocenters. The molecule has 0 amide bonds. The van der Waals surface area contributed by atoms with Crippen molar-refractivity contribution >= 4 is 16.6 Å². The SMILES string of the molecule is CC(C)c1ncc(N2CCN(C)CC2)c2[nH]ccc12. The van der Waals surface area contributed by atoms with Crippen LogP contribution in [0.4, 0.5) is 5.69 Å². The van der Waals surface area contributed by atoms with E-state index >= 15 is 0 Å². The van der Waals surface area contributed by atoms with E-state index in [0.717, 1.165) is 26.2 Å². The minimum absolute atomic E-state index is 0.458. The summed E-state index contributed by atoms with van der Waals surface area (Å²) in [5, 5.41) is 1.27. The van der Waals surface area contributed by atoms with E-state index in [1.54, 1.807) is 0 Å². The van der Waals surface area contributed by atoms with Crippen molar-refractivity contribution in [2.75, 3.05) is 38.1 Å². The Labute approximate surface area is 114 Å². The molecule has 4 heteroatoms. The number of nitrogens with zero attached hydrogens (tertiary/aromatic N) is 3. The summed E-state index contributed by atoms with van der Waals surface area (Å²) in [6.45, 7) is 8.79. The lowest BCUT2D eigenvalue weighted by molar-refractivity contribution is 0.313. The number of hydrogen-bond donors (Lipinski definition) is 1. The molecule has 4 nitrogen and oxygen atoms in total. The van der Waals surface area contributed by atoms with Crippen molar-refractivity contribution in [1.82, 2.24) is 14.9 Å². The Bertz CT molecular complexity index is 565. The van der Waals surface area contributed by atoms with Crippen LogP contribution in [0.5, 0.6) is 0 Å². The predicted octanol–water partition coefficient (Wildman–Crippen LogP) is 2.44. The lowest BCUT2D eigenvalue weighted by atomic mass is 10.1. The number of pyridine rings is 1. The van der Waals surface area contributed by atoms with E-state index in [1.807, 2.05) is 12.4 Å². The normalized spacial score (nSPS) is 17.6. The molecule has 0 radical (unpaired) electrons. The monoisotopic (exact) mass is 258 g/mol. The van der Waals surface area contributed by atoms with Crippen LogP contribution < -0.4 is 4.90 Å². The van der Waals surface area contributed by atoms with Crippen LogP contribution in [0.3, 0.4) is 0 Å². The van der Waals surface area contributed by atoms with Gasteiger partial charge in [-0.3, -0.25) is 4.98 Å². The lowest BCUT2D eigenvalue weighted by Crippen LogP contribution is -2.44. The van der Waals surface area contributed by atoms with Crippen LogP contribution in [-0.2, 0) is 0 Å². The number of nitrogens with one attached hydrogen (secondary N) is 1. The minimum atomic E-state index is 0.458.